The molecule has 8 heteroatoms. The van der Waals surface area contributed by atoms with Gasteiger partial charge in [-0.25, -0.2) is 0 Å². The lowest BCUT2D eigenvalue weighted by atomic mass is 9.98. The molecule has 0 radical (unpaired) electrons. The molecule has 1 aliphatic heterocycles. The molecule has 1 N–H and O–H groups in total. The van der Waals surface area contributed by atoms with Crippen molar-refractivity contribution in [2.45, 2.75) is 19.3 Å². The zero-order valence-electron chi connectivity index (χ0n) is 12.5. The van der Waals surface area contributed by atoms with E-state index in [-0.39, 0.29) is 36.9 Å². The van der Waals surface area contributed by atoms with Gasteiger partial charge in [-0.1, -0.05) is 12.1 Å². The molecule has 1 aliphatic rings. The number of carbonyl (C=O) groups is 2. The fraction of sp³-hybridized carbons (Fsp3) is 0.467. The van der Waals surface area contributed by atoms with E-state index in [1.54, 1.807) is 6.07 Å². The Kier molecular flexibility index (Phi) is 5.51. The number of hydrogen-bond acceptors (Lipinski definition) is 5. The first-order valence-electron chi connectivity index (χ1n) is 7.36. The summed E-state index contributed by atoms with van der Waals surface area (Å²) in [5.74, 6) is -1.50. The summed E-state index contributed by atoms with van der Waals surface area (Å²) in [4.78, 5) is 34.9. The molecule has 1 aromatic carbocycles. The molecule has 1 heterocycles. The molecule has 1 amide bonds. The molecule has 1 saturated heterocycles. The molecule has 124 valence electrons. The summed E-state index contributed by atoms with van der Waals surface area (Å²) in [7, 11) is 0. The standard InChI is InChI=1S/C15H18N2O6/c18-14(16-8-3-4-11(10-16)15(19)20)7-9-23-13-6-2-1-5-12(13)17(21)22/h1-2,5-6,11H,3-4,7-10H2,(H,19,20). The van der Waals surface area contributed by atoms with E-state index in [2.05, 4.69) is 0 Å². The minimum absolute atomic E-state index is 0.0118. The van der Waals surface area contributed by atoms with Crippen LogP contribution < -0.4 is 4.74 Å². The fourth-order valence-electron chi connectivity index (χ4n) is 2.54. The van der Waals surface area contributed by atoms with Crippen LogP contribution in [0.25, 0.3) is 0 Å². The highest BCUT2D eigenvalue weighted by molar-refractivity contribution is 5.78. The van der Waals surface area contributed by atoms with Crippen LogP contribution in [0, 0.1) is 16.0 Å². The Morgan fingerprint density at radius 2 is 2.13 bits per heavy atom. The van der Waals surface area contributed by atoms with Gasteiger partial charge in [0.25, 0.3) is 0 Å². The number of carboxylic acid groups (broad SMARTS) is 1. The van der Waals surface area contributed by atoms with Gasteiger partial charge in [0.1, 0.15) is 0 Å². The molecule has 1 fully saturated rings. The molecule has 0 aromatic heterocycles. The Morgan fingerprint density at radius 1 is 1.39 bits per heavy atom. The number of benzene rings is 1. The second-order valence-electron chi connectivity index (χ2n) is 5.34. The summed E-state index contributed by atoms with van der Waals surface area (Å²) in [6.45, 7) is 0.756. The van der Waals surface area contributed by atoms with Gasteiger partial charge in [0.2, 0.25) is 5.91 Å². The fourth-order valence-corrected chi connectivity index (χ4v) is 2.54. The number of rotatable bonds is 6. The van der Waals surface area contributed by atoms with Gasteiger partial charge < -0.3 is 14.7 Å². The Hall–Kier alpha value is -2.64. The number of nitro benzene ring substituents is 1. The molecule has 8 nitrogen and oxygen atoms in total. The third kappa shape index (κ3) is 4.41. The highest BCUT2D eigenvalue weighted by atomic mass is 16.6. The van der Waals surface area contributed by atoms with Crippen molar-refractivity contribution in [3.8, 4) is 5.75 Å². The minimum Gasteiger partial charge on any atom is -0.486 e. The van der Waals surface area contributed by atoms with Gasteiger partial charge in [0.15, 0.2) is 5.75 Å². The van der Waals surface area contributed by atoms with Crippen molar-refractivity contribution < 1.29 is 24.4 Å². The topological polar surface area (TPSA) is 110 Å². The first-order valence-corrected chi connectivity index (χ1v) is 7.36. The van der Waals surface area contributed by atoms with E-state index in [4.69, 9.17) is 9.84 Å². The summed E-state index contributed by atoms with van der Waals surface area (Å²) in [6, 6.07) is 5.96. The third-order valence-electron chi connectivity index (χ3n) is 3.76. The van der Waals surface area contributed by atoms with Gasteiger partial charge >= 0.3 is 11.7 Å². The SMILES string of the molecule is O=C(O)C1CCCN(C(=O)CCOc2ccccc2[N+](=O)[O-])C1. The molecule has 1 aromatic rings. The number of aliphatic carboxylic acids is 1. The Morgan fingerprint density at radius 3 is 2.83 bits per heavy atom. The first-order chi connectivity index (χ1) is 11.0. The van der Waals surface area contributed by atoms with Gasteiger partial charge in [0, 0.05) is 19.2 Å². The predicted octanol–water partition coefficient (Wildman–Crippen LogP) is 1.69. The van der Waals surface area contributed by atoms with Crippen molar-refractivity contribution in [3.05, 3.63) is 34.4 Å². The molecule has 0 bridgehead atoms. The van der Waals surface area contributed by atoms with Crippen LogP contribution in [0.15, 0.2) is 24.3 Å². The van der Waals surface area contributed by atoms with Crippen LogP contribution in [-0.2, 0) is 9.59 Å². The van der Waals surface area contributed by atoms with E-state index in [9.17, 15) is 19.7 Å². The van der Waals surface area contributed by atoms with Crippen molar-refractivity contribution in [1.29, 1.82) is 0 Å². The third-order valence-corrected chi connectivity index (χ3v) is 3.76. The van der Waals surface area contributed by atoms with E-state index in [0.717, 1.165) is 0 Å². The maximum absolute atomic E-state index is 12.1. The summed E-state index contributed by atoms with van der Waals surface area (Å²) in [6.07, 6.45) is 1.29. The lowest BCUT2D eigenvalue weighted by molar-refractivity contribution is -0.385. The van der Waals surface area contributed by atoms with E-state index in [1.165, 1.54) is 23.1 Å². The number of likely N-dealkylation sites (tertiary alicyclic amines) is 1. The van der Waals surface area contributed by atoms with Crippen molar-refractivity contribution in [3.63, 3.8) is 0 Å². The maximum atomic E-state index is 12.1. The average Bonchev–Trinajstić information content (AvgIpc) is 2.55. The second-order valence-corrected chi connectivity index (χ2v) is 5.34. The summed E-state index contributed by atoms with van der Waals surface area (Å²) in [5.41, 5.74) is -0.149. The molecular weight excluding hydrogens is 304 g/mol. The van der Waals surface area contributed by atoms with Crippen molar-refractivity contribution in [2.24, 2.45) is 5.92 Å². The van der Waals surface area contributed by atoms with Crippen LogP contribution in [0.1, 0.15) is 19.3 Å². The summed E-state index contributed by atoms with van der Waals surface area (Å²) >= 11 is 0. The Labute approximate surface area is 132 Å². The van der Waals surface area contributed by atoms with E-state index in [0.29, 0.717) is 19.4 Å². The number of ether oxygens (including phenoxy) is 1. The molecule has 2 rings (SSSR count). The van der Waals surface area contributed by atoms with Crippen molar-refractivity contribution in [1.82, 2.24) is 4.90 Å². The van der Waals surface area contributed by atoms with E-state index >= 15 is 0 Å². The van der Waals surface area contributed by atoms with Crippen molar-refractivity contribution >= 4 is 17.6 Å². The van der Waals surface area contributed by atoms with Crippen molar-refractivity contribution in [2.75, 3.05) is 19.7 Å². The van der Waals surface area contributed by atoms with Gasteiger partial charge in [-0.2, -0.15) is 0 Å². The zero-order chi connectivity index (χ0) is 16.8. The quantitative estimate of drug-likeness (QED) is 0.630. The smallest absolute Gasteiger partial charge is 0.310 e. The first kappa shape index (κ1) is 16.7. The predicted molar refractivity (Wildman–Crippen MR) is 80.1 cm³/mol. The largest absolute Gasteiger partial charge is 0.486 e. The average molecular weight is 322 g/mol. The molecular formula is C15H18N2O6. The monoisotopic (exact) mass is 322 g/mol. The van der Waals surface area contributed by atoms with E-state index in [1.807, 2.05) is 0 Å². The van der Waals surface area contributed by atoms with Gasteiger partial charge in [-0.3, -0.25) is 19.7 Å². The van der Waals surface area contributed by atoms with Gasteiger partial charge in [-0.05, 0) is 18.9 Å². The van der Waals surface area contributed by atoms with Gasteiger partial charge in [0.05, 0.1) is 23.9 Å². The molecule has 1 atom stereocenters. The number of nitro groups is 1. The number of para-hydroxylation sites is 2. The number of amides is 1. The number of nitrogens with zero attached hydrogens (tertiary/aromatic N) is 2. The van der Waals surface area contributed by atoms with Crippen LogP contribution >= 0.6 is 0 Å². The molecule has 1 unspecified atom stereocenters. The Bertz CT molecular complexity index is 603. The molecule has 0 spiro atoms. The summed E-state index contributed by atoms with van der Waals surface area (Å²) in [5, 5.41) is 19.9. The minimum atomic E-state index is -0.890. The van der Waals surface area contributed by atoms with Crippen LogP contribution in [0.4, 0.5) is 5.69 Å². The number of piperidine rings is 1. The Balaban J connectivity index is 1.85. The number of carbonyl (C=O) groups excluding carboxylic acids is 1. The van der Waals surface area contributed by atoms with Crippen LogP contribution in [0.3, 0.4) is 0 Å². The summed E-state index contributed by atoms with van der Waals surface area (Å²) < 4.78 is 5.33. The second kappa shape index (κ2) is 7.57. The highest BCUT2D eigenvalue weighted by Crippen LogP contribution is 2.26. The van der Waals surface area contributed by atoms with Crippen LogP contribution in [0.5, 0.6) is 5.75 Å². The molecule has 0 saturated carbocycles. The van der Waals surface area contributed by atoms with E-state index < -0.39 is 16.8 Å². The van der Waals surface area contributed by atoms with Crippen LogP contribution in [0.2, 0.25) is 0 Å². The number of hydrogen-bond donors (Lipinski definition) is 1. The number of carboxylic acids is 1. The highest BCUT2D eigenvalue weighted by Gasteiger charge is 2.28. The van der Waals surface area contributed by atoms with Crippen LogP contribution in [-0.4, -0.2) is 46.5 Å². The normalized spacial score (nSPS) is 17.6. The lowest BCUT2D eigenvalue weighted by Crippen LogP contribution is -2.42. The van der Waals surface area contributed by atoms with Gasteiger partial charge in [-0.15, -0.1) is 0 Å². The molecule has 23 heavy (non-hydrogen) atoms. The lowest BCUT2D eigenvalue weighted by Gasteiger charge is -2.30. The zero-order valence-corrected chi connectivity index (χ0v) is 12.5. The molecule has 0 aliphatic carbocycles. The maximum Gasteiger partial charge on any atom is 0.310 e.